The topological polar surface area (TPSA) is 90.7 Å². The van der Waals surface area contributed by atoms with E-state index in [-0.39, 0.29) is 11.5 Å². The maximum atomic E-state index is 12.6. The summed E-state index contributed by atoms with van der Waals surface area (Å²) >= 11 is 0. The van der Waals surface area contributed by atoms with Gasteiger partial charge in [0.25, 0.3) is 0 Å². The molecule has 0 N–H and O–H groups in total. The molecule has 3 aromatic rings. The van der Waals surface area contributed by atoms with E-state index in [0.29, 0.717) is 35.8 Å². The predicted molar refractivity (Wildman–Crippen MR) is 118 cm³/mol. The molecule has 0 aliphatic carbocycles. The van der Waals surface area contributed by atoms with Crippen molar-refractivity contribution in [2.75, 3.05) is 20.7 Å². The number of imidazole rings is 1. The van der Waals surface area contributed by atoms with Gasteiger partial charge in [0, 0.05) is 20.6 Å². The number of ether oxygens (including phenoxy) is 2. The summed E-state index contributed by atoms with van der Waals surface area (Å²) in [4.78, 5) is 17.4. The molecule has 9 heteroatoms. The molecule has 2 aromatic carbocycles. The number of rotatable bonds is 9. The summed E-state index contributed by atoms with van der Waals surface area (Å²) in [6, 6.07) is 11.8. The molecule has 0 aliphatic rings. The van der Waals surface area contributed by atoms with Crippen molar-refractivity contribution in [1.29, 1.82) is 0 Å². The monoisotopic (exact) mass is 445 g/mol. The number of carbonyl (C=O) groups is 1. The van der Waals surface area contributed by atoms with Gasteiger partial charge in [-0.3, -0.25) is 0 Å². The van der Waals surface area contributed by atoms with Crippen molar-refractivity contribution >= 4 is 27.0 Å². The van der Waals surface area contributed by atoms with Crippen LogP contribution in [0.15, 0.2) is 47.4 Å². The smallest absolute Gasteiger partial charge is 0.342 e. The third-order valence-electron chi connectivity index (χ3n) is 4.76. The average molecular weight is 446 g/mol. The molecule has 0 radical (unpaired) electrons. The van der Waals surface area contributed by atoms with E-state index in [0.717, 1.165) is 16.2 Å². The number of aromatic nitrogens is 2. The summed E-state index contributed by atoms with van der Waals surface area (Å²) in [5.41, 5.74) is 1.68. The van der Waals surface area contributed by atoms with Gasteiger partial charge in [0.1, 0.15) is 23.7 Å². The van der Waals surface area contributed by atoms with E-state index in [2.05, 4.69) is 4.98 Å². The van der Waals surface area contributed by atoms with E-state index >= 15 is 0 Å². The second-order valence-electron chi connectivity index (χ2n) is 7.12. The maximum absolute atomic E-state index is 12.6. The molecular formula is C22H27N3O5S. The standard InChI is InChI=1S/C22H27N3O5S/c1-5-13-25-19-12-11-16(31(27,28)24(3)4)14-18(19)23-21(25)15-30-22(26)17-9-7-8-10-20(17)29-6-2/h7-12,14H,5-6,13,15H2,1-4H3. The lowest BCUT2D eigenvalue weighted by Crippen LogP contribution is -2.22. The highest BCUT2D eigenvalue weighted by molar-refractivity contribution is 7.89. The van der Waals surface area contributed by atoms with Gasteiger partial charge < -0.3 is 14.0 Å². The molecule has 166 valence electrons. The molecule has 0 atom stereocenters. The van der Waals surface area contributed by atoms with Gasteiger partial charge in [-0.2, -0.15) is 0 Å². The van der Waals surface area contributed by atoms with Crippen LogP contribution in [0.1, 0.15) is 36.5 Å². The summed E-state index contributed by atoms with van der Waals surface area (Å²) in [5, 5.41) is 0. The molecule has 1 aromatic heterocycles. The second-order valence-corrected chi connectivity index (χ2v) is 9.27. The van der Waals surface area contributed by atoms with Crippen molar-refractivity contribution in [3.63, 3.8) is 0 Å². The van der Waals surface area contributed by atoms with Crippen LogP contribution in [0.25, 0.3) is 11.0 Å². The normalized spacial score (nSPS) is 11.8. The van der Waals surface area contributed by atoms with Gasteiger partial charge in [-0.05, 0) is 43.7 Å². The highest BCUT2D eigenvalue weighted by Crippen LogP contribution is 2.24. The number of fused-ring (bicyclic) bond motifs is 1. The first-order valence-electron chi connectivity index (χ1n) is 10.1. The largest absolute Gasteiger partial charge is 0.493 e. The highest BCUT2D eigenvalue weighted by Gasteiger charge is 2.21. The molecule has 0 spiro atoms. The van der Waals surface area contributed by atoms with Crippen LogP contribution < -0.4 is 4.74 Å². The Bertz CT molecular complexity index is 1190. The number of esters is 1. The molecule has 0 saturated heterocycles. The lowest BCUT2D eigenvalue weighted by molar-refractivity contribution is 0.0454. The molecule has 0 fully saturated rings. The summed E-state index contributed by atoms with van der Waals surface area (Å²) < 4.78 is 39.1. The van der Waals surface area contributed by atoms with E-state index in [4.69, 9.17) is 9.47 Å². The molecule has 0 bridgehead atoms. The van der Waals surface area contributed by atoms with Crippen LogP contribution in [0.4, 0.5) is 0 Å². The lowest BCUT2D eigenvalue weighted by Gasteiger charge is -2.12. The van der Waals surface area contributed by atoms with E-state index in [1.807, 2.05) is 18.4 Å². The number of hydrogen-bond acceptors (Lipinski definition) is 6. The predicted octanol–water partition coefficient (Wildman–Crippen LogP) is 3.45. The fourth-order valence-corrected chi connectivity index (χ4v) is 4.16. The second kappa shape index (κ2) is 9.49. The molecule has 1 heterocycles. The maximum Gasteiger partial charge on any atom is 0.342 e. The van der Waals surface area contributed by atoms with E-state index in [1.165, 1.54) is 14.1 Å². The van der Waals surface area contributed by atoms with Crippen LogP contribution >= 0.6 is 0 Å². The number of para-hydroxylation sites is 1. The Hall–Kier alpha value is -2.91. The Morgan fingerprint density at radius 1 is 1.13 bits per heavy atom. The van der Waals surface area contributed by atoms with E-state index in [1.54, 1.807) is 42.5 Å². The highest BCUT2D eigenvalue weighted by atomic mass is 32.2. The van der Waals surface area contributed by atoms with E-state index < -0.39 is 16.0 Å². The zero-order valence-corrected chi connectivity index (χ0v) is 19.0. The molecular weight excluding hydrogens is 418 g/mol. The van der Waals surface area contributed by atoms with Crippen molar-refractivity contribution in [3.05, 3.63) is 53.9 Å². The first-order valence-corrected chi connectivity index (χ1v) is 11.5. The van der Waals surface area contributed by atoms with E-state index in [9.17, 15) is 13.2 Å². The molecule has 8 nitrogen and oxygen atoms in total. The zero-order chi connectivity index (χ0) is 22.6. The van der Waals surface area contributed by atoms with Gasteiger partial charge in [-0.25, -0.2) is 22.5 Å². The number of nitrogens with zero attached hydrogens (tertiary/aromatic N) is 3. The zero-order valence-electron chi connectivity index (χ0n) is 18.2. The summed E-state index contributed by atoms with van der Waals surface area (Å²) in [6.45, 7) is 4.95. The minimum Gasteiger partial charge on any atom is -0.493 e. The number of sulfonamides is 1. The van der Waals surface area contributed by atoms with Gasteiger partial charge in [-0.1, -0.05) is 19.1 Å². The fraction of sp³-hybridized carbons (Fsp3) is 0.364. The van der Waals surface area contributed by atoms with Crippen LogP contribution in [0.2, 0.25) is 0 Å². The van der Waals surface area contributed by atoms with Gasteiger partial charge >= 0.3 is 5.97 Å². The molecule has 3 rings (SSSR count). The first kappa shape index (κ1) is 22.8. The number of benzene rings is 2. The Morgan fingerprint density at radius 3 is 2.55 bits per heavy atom. The quantitative estimate of drug-likeness (QED) is 0.469. The van der Waals surface area contributed by atoms with Crippen LogP contribution in [-0.2, 0) is 27.9 Å². The minimum absolute atomic E-state index is 0.0380. The van der Waals surface area contributed by atoms with Crippen molar-refractivity contribution in [2.24, 2.45) is 0 Å². The average Bonchev–Trinajstić information content (AvgIpc) is 3.09. The number of carbonyl (C=O) groups excluding carboxylic acids is 1. The van der Waals surface area contributed by atoms with Gasteiger partial charge in [0.15, 0.2) is 0 Å². The molecule has 31 heavy (non-hydrogen) atoms. The fourth-order valence-electron chi connectivity index (χ4n) is 3.24. The Balaban J connectivity index is 1.91. The minimum atomic E-state index is -3.57. The van der Waals surface area contributed by atoms with Crippen LogP contribution in [0.3, 0.4) is 0 Å². The van der Waals surface area contributed by atoms with Crippen LogP contribution in [-0.4, -0.2) is 48.9 Å². The first-order chi connectivity index (χ1) is 14.8. The van der Waals surface area contributed by atoms with Crippen molar-refractivity contribution in [3.8, 4) is 5.75 Å². The lowest BCUT2D eigenvalue weighted by atomic mass is 10.2. The molecule has 0 aliphatic heterocycles. The third-order valence-corrected chi connectivity index (χ3v) is 6.57. The molecule has 0 amide bonds. The number of hydrogen-bond donors (Lipinski definition) is 0. The van der Waals surface area contributed by atoms with Gasteiger partial charge in [-0.15, -0.1) is 0 Å². The van der Waals surface area contributed by atoms with Crippen molar-refractivity contribution < 1.29 is 22.7 Å². The van der Waals surface area contributed by atoms with Crippen LogP contribution in [0, 0.1) is 0 Å². The van der Waals surface area contributed by atoms with Gasteiger partial charge in [0.05, 0.1) is 22.5 Å². The SMILES string of the molecule is CCCn1c(COC(=O)c2ccccc2OCC)nc2cc(S(=O)(=O)N(C)C)ccc21. The summed E-state index contributed by atoms with van der Waals surface area (Å²) in [7, 11) is -0.599. The van der Waals surface area contributed by atoms with Crippen molar-refractivity contribution in [1.82, 2.24) is 13.9 Å². The van der Waals surface area contributed by atoms with Gasteiger partial charge in [0.2, 0.25) is 10.0 Å². The summed E-state index contributed by atoms with van der Waals surface area (Å²) in [5.74, 6) is 0.518. The van der Waals surface area contributed by atoms with Crippen molar-refractivity contribution in [2.45, 2.75) is 38.3 Å². The Morgan fingerprint density at radius 2 is 1.87 bits per heavy atom. The third kappa shape index (κ3) is 4.72. The Labute approximate surface area is 182 Å². The summed E-state index contributed by atoms with van der Waals surface area (Å²) in [6.07, 6.45) is 0.845. The number of aryl methyl sites for hydroxylation is 1. The Kier molecular flexibility index (Phi) is 6.97. The molecule has 0 unspecified atom stereocenters. The van der Waals surface area contributed by atoms with Crippen LogP contribution in [0.5, 0.6) is 5.75 Å². The molecule has 0 saturated carbocycles.